The predicted octanol–water partition coefficient (Wildman–Crippen LogP) is 4.60. The van der Waals surface area contributed by atoms with Crippen LogP contribution in [0, 0.1) is 12.8 Å². The molecule has 3 N–H and O–H groups in total. The van der Waals surface area contributed by atoms with Crippen LogP contribution < -0.4 is 5.73 Å². The van der Waals surface area contributed by atoms with Crippen molar-refractivity contribution in [3.8, 4) is 0 Å². The van der Waals surface area contributed by atoms with Crippen molar-refractivity contribution < 1.29 is 18.0 Å². The number of aromatic amines is 1. The van der Waals surface area contributed by atoms with Crippen LogP contribution in [-0.4, -0.2) is 30.7 Å². The molecule has 4 aromatic rings. The Kier molecular flexibility index (Phi) is 6.11. The Balaban J connectivity index is 1.43. The van der Waals surface area contributed by atoms with Gasteiger partial charge in [-0.1, -0.05) is 6.07 Å². The maximum absolute atomic E-state index is 13.8. The van der Waals surface area contributed by atoms with Crippen LogP contribution in [-0.2, 0) is 36.9 Å². The molecule has 0 aromatic carbocycles. The lowest BCUT2D eigenvalue weighted by atomic mass is 9.85. The molecule has 0 fully saturated rings. The Morgan fingerprint density at radius 2 is 2.03 bits per heavy atom. The molecule has 0 radical (unpaired) electrons. The number of carbonyl (C=O) groups is 1. The van der Waals surface area contributed by atoms with Gasteiger partial charge in [-0.25, -0.2) is 9.97 Å². The SMILES string of the molecule is Cc1cc2c(nc1N)CCC(C(=O)N(Cc1ccc(C(F)(F)F)cn1)Cc1ccnc3[nH]ccc13)C2. The third-order valence-corrected chi connectivity index (χ3v) is 6.69. The highest BCUT2D eigenvalue weighted by atomic mass is 19.4. The number of carbonyl (C=O) groups excluding carboxylic acids is 1. The van der Waals surface area contributed by atoms with Gasteiger partial charge >= 0.3 is 6.18 Å². The smallest absolute Gasteiger partial charge is 0.383 e. The van der Waals surface area contributed by atoms with Crippen molar-refractivity contribution in [1.29, 1.82) is 0 Å². The quantitative estimate of drug-likeness (QED) is 0.423. The van der Waals surface area contributed by atoms with Crippen LogP contribution in [0.5, 0.6) is 0 Å². The first-order chi connectivity index (χ1) is 17.2. The van der Waals surface area contributed by atoms with Crippen LogP contribution in [0.4, 0.5) is 19.0 Å². The van der Waals surface area contributed by atoms with Crippen LogP contribution in [0.1, 0.15) is 40.1 Å². The number of fused-ring (bicyclic) bond motifs is 2. The molecule has 0 saturated carbocycles. The van der Waals surface area contributed by atoms with E-state index in [1.54, 1.807) is 17.3 Å². The maximum Gasteiger partial charge on any atom is 0.417 e. The van der Waals surface area contributed by atoms with E-state index in [4.69, 9.17) is 5.73 Å². The van der Waals surface area contributed by atoms with Crippen molar-refractivity contribution in [3.05, 3.63) is 82.6 Å². The molecule has 10 heteroatoms. The lowest BCUT2D eigenvalue weighted by molar-refractivity contribution is -0.138. The Morgan fingerprint density at radius 3 is 2.78 bits per heavy atom. The van der Waals surface area contributed by atoms with Gasteiger partial charge in [-0.3, -0.25) is 9.78 Å². The molecule has 0 bridgehead atoms. The molecular formula is C26H25F3N6O. The Hall–Kier alpha value is -3.95. The fraction of sp³-hybridized carbons (Fsp3) is 0.308. The number of pyridine rings is 3. The van der Waals surface area contributed by atoms with Gasteiger partial charge in [0.05, 0.1) is 17.8 Å². The molecule has 1 atom stereocenters. The van der Waals surface area contributed by atoms with Crippen LogP contribution in [0.25, 0.3) is 11.0 Å². The summed E-state index contributed by atoms with van der Waals surface area (Å²) in [6.45, 7) is 2.26. The molecule has 0 spiro atoms. The van der Waals surface area contributed by atoms with Gasteiger partial charge in [-0.15, -0.1) is 0 Å². The zero-order valence-corrected chi connectivity index (χ0v) is 19.6. The molecule has 0 saturated heterocycles. The van der Waals surface area contributed by atoms with Gasteiger partial charge in [-0.2, -0.15) is 13.2 Å². The molecule has 4 aromatic heterocycles. The number of rotatable bonds is 5. The van der Waals surface area contributed by atoms with E-state index in [1.807, 2.05) is 25.1 Å². The Bertz CT molecular complexity index is 1410. The average Bonchev–Trinajstić information content (AvgIpc) is 3.33. The summed E-state index contributed by atoms with van der Waals surface area (Å²) in [5.41, 5.74) is 9.93. The number of halogens is 3. The summed E-state index contributed by atoms with van der Waals surface area (Å²) >= 11 is 0. The minimum atomic E-state index is -4.47. The zero-order valence-electron chi connectivity index (χ0n) is 19.6. The highest BCUT2D eigenvalue weighted by Gasteiger charge is 2.32. The van der Waals surface area contributed by atoms with Crippen molar-refractivity contribution in [1.82, 2.24) is 24.8 Å². The van der Waals surface area contributed by atoms with Gasteiger partial charge in [-0.05, 0) is 67.1 Å². The summed E-state index contributed by atoms with van der Waals surface area (Å²) in [6.07, 6.45) is 1.59. The maximum atomic E-state index is 13.8. The number of aromatic nitrogens is 4. The van der Waals surface area contributed by atoms with Crippen molar-refractivity contribution in [3.63, 3.8) is 0 Å². The third-order valence-electron chi connectivity index (χ3n) is 6.69. The molecule has 1 aliphatic rings. The lowest BCUT2D eigenvalue weighted by Gasteiger charge is -2.30. The number of nitrogens with two attached hydrogens (primary N) is 1. The van der Waals surface area contributed by atoms with Gasteiger partial charge in [0.1, 0.15) is 11.5 Å². The van der Waals surface area contributed by atoms with E-state index >= 15 is 0 Å². The van der Waals surface area contributed by atoms with Crippen molar-refractivity contribution >= 4 is 22.8 Å². The van der Waals surface area contributed by atoms with Crippen LogP contribution in [0.3, 0.4) is 0 Å². The molecular weight excluding hydrogens is 469 g/mol. The van der Waals surface area contributed by atoms with Gasteiger partial charge in [0.15, 0.2) is 0 Å². The van der Waals surface area contributed by atoms with E-state index in [0.717, 1.165) is 40.0 Å². The molecule has 7 nitrogen and oxygen atoms in total. The Morgan fingerprint density at radius 1 is 1.19 bits per heavy atom. The molecule has 1 amide bonds. The number of hydrogen-bond donors (Lipinski definition) is 2. The van der Waals surface area contributed by atoms with E-state index in [0.29, 0.717) is 36.4 Å². The first-order valence-corrected chi connectivity index (χ1v) is 11.7. The highest BCUT2D eigenvalue weighted by Crippen LogP contribution is 2.31. The minimum absolute atomic E-state index is 0.0719. The first kappa shape index (κ1) is 23.8. The third kappa shape index (κ3) is 4.75. The molecule has 1 aliphatic carbocycles. The number of anilines is 1. The van der Waals surface area contributed by atoms with Gasteiger partial charge < -0.3 is 15.6 Å². The van der Waals surface area contributed by atoms with Crippen molar-refractivity contribution in [2.45, 2.75) is 45.5 Å². The van der Waals surface area contributed by atoms with Gasteiger partial charge in [0, 0.05) is 42.1 Å². The number of nitrogens with one attached hydrogen (secondary N) is 1. The van der Waals surface area contributed by atoms with Gasteiger partial charge in [0.2, 0.25) is 5.91 Å². The second kappa shape index (κ2) is 9.25. The number of hydrogen-bond acceptors (Lipinski definition) is 5. The van der Waals surface area contributed by atoms with Crippen LogP contribution in [0.15, 0.2) is 48.9 Å². The summed E-state index contributed by atoms with van der Waals surface area (Å²) in [6, 6.07) is 8.06. The number of H-pyrrole nitrogens is 1. The fourth-order valence-corrected chi connectivity index (χ4v) is 4.72. The van der Waals surface area contributed by atoms with Crippen molar-refractivity contribution in [2.24, 2.45) is 5.92 Å². The molecule has 5 rings (SSSR count). The van der Waals surface area contributed by atoms with Gasteiger partial charge in [0.25, 0.3) is 0 Å². The van der Waals surface area contributed by atoms with E-state index in [1.165, 1.54) is 6.07 Å². The monoisotopic (exact) mass is 494 g/mol. The normalized spacial score (nSPS) is 15.6. The lowest BCUT2D eigenvalue weighted by Crippen LogP contribution is -2.38. The summed E-state index contributed by atoms with van der Waals surface area (Å²) in [7, 11) is 0. The van der Waals surface area contributed by atoms with E-state index in [9.17, 15) is 18.0 Å². The molecule has 186 valence electrons. The van der Waals surface area contributed by atoms with Crippen molar-refractivity contribution in [2.75, 3.05) is 5.73 Å². The summed E-state index contributed by atoms with van der Waals surface area (Å²) in [5, 5.41) is 0.889. The van der Waals surface area contributed by atoms with E-state index in [2.05, 4.69) is 19.9 Å². The molecule has 0 aliphatic heterocycles. The number of alkyl halides is 3. The number of nitrogens with zero attached hydrogens (tertiary/aromatic N) is 4. The summed E-state index contributed by atoms with van der Waals surface area (Å²) < 4.78 is 39.0. The molecule has 1 unspecified atom stereocenters. The number of aryl methyl sites for hydroxylation is 2. The average molecular weight is 495 g/mol. The highest BCUT2D eigenvalue weighted by molar-refractivity contribution is 5.82. The van der Waals surface area contributed by atoms with E-state index in [-0.39, 0.29) is 24.9 Å². The first-order valence-electron chi connectivity index (χ1n) is 11.7. The second-order valence-corrected chi connectivity index (χ2v) is 9.18. The second-order valence-electron chi connectivity index (χ2n) is 9.18. The summed E-state index contributed by atoms with van der Waals surface area (Å²) in [4.78, 5) is 31.4. The topological polar surface area (TPSA) is 101 Å². The fourth-order valence-electron chi connectivity index (χ4n) is 4.72. The van der Waals surface area contributed by atoms with E-state index < -0.39 is 11.7 Å². The summed E-state index contributed by atoms with van der Waals surface area (Å²) in [5.74, 6) is 0.152. The molecule has 36 heavy (non-hydrogen) atoms. The standard InChI is InChI=1S/C26H25F3N6O/c1-15-10-18-11-16(2-5-22(18)34-23(15)30)25(36)35(13-17-6-8-31-24-21(17)7-9-32-24)14-20-4-3-19(12-33-20)26(27,28)29/h3-4,6-10,12,16H,2,5,11,13-14H2,1H3,(H2,30,34)(H,31,32). The predicted molar refractivity (Wildman–Crippen MR) is 128 cm³/mol. The minimum Gasteiger partial charge on any atom is -0.383 e. The number of nitrogen functional groups attached to an aromatic ring is 1. The number of amides is 1. The zero-order chi connectivity index (χ0) is 25.4. The van der Waals surface area contributed by atoms with Crippen LogP contribution in [0.2, 0.25) is 0 Å². The largest absolute Gasteiger partial charge is 0.417 e. The van der Waals surface area contributed by atoms with Crippen LogP contribution >= 0.6 is 0 Å². The molecule has 4 heterocycles. The Labute approximate surface area is 205 Å².